The van der Waals surface area contributed by atoms with Crippen LogP contribution >= 0.6 is 23.6 Å². The summed E-state index contributed by atoms with van der Waals surface area (Å²) in [7, 11) is 0. The number of aryl methyl sites for hydroxylation is 1. The zero-order valence-corrected chi connectivity index (χ0v) is 14.1. The van der Waals surface area contributed by atoms with Gasteiger partial charge in [-0.15, -0.1) is 11.3 Å². The zero-order valence-electron chi connectivity index (χ0n) is 12.5. The molecule has 1 heterocycles. The Balaban J connectivity index is 1.75. The van der Waals surface area contributed by atoms with Gasteiger partial charge in [-0.2, -0.15) is 0 Å². The molecule has 3 rings (SSSR count). The number of rotatable bonds is 3. The monoisotopic (exact) mass is 327 g/mol. The maximum atomic E-state index is 5.39. The Morgan fingerprint density at radius 2 is 1.95 bits per heavy atom. The molecule has 0 aliphatic carbocycles. The van der Waals surface area contributed by atoms with Gasteiger partial charge < -0.3 is 10.6 Å². The maximum Gasteiger partial charge on any atom is 0.189 e. The quantitative estimate of drug-likeness (QED) is 0.687. The summed E-state index contributed by atoms with van der Waals surface area (Å²) in [5.41, 5.74) is 2.23. The Bertz CT molecular complexity index is 805. The molecular formula is C17H17N3S2. The number of aromatic nitrogens is 1. The molecule has 0 fully saturated rings. The van der Waals surface area contributed by atoms with Gasteiger partial charge in [-0.1, -0.05) is 42.5 Å². The summed E-state index contributed by atoms with van der Waals surface area (Å²) in [4.78, 5) is 4.36. The minimum Gasteiger partial charge on any atom is -0.356 e. The first-order chi connectivity index (χ1) is 10.6. The van der Waals surface area contributed by atoms with Crippen molar-refractivity contribution < 1.29 is 0 Å². The maximum absolute atomic E-state index is 5.39. The van der Waals surface area contributed by atoms with E-state index in [0.29, 0.717) is 5.11 Å². The third-order valence-corrected chi connectivity index (χ3v) is 4.57. The van der Waals surface area contributed by atoms with Crippen LogP contribution in [-0.2, 0) is 0 Å². The van der Waals surface area contributed by atoms with Gasteiger partial charge in [0.1, 0.15) is 0 Å². The first-order valence-corrected chi connectivity index (χ1v) is 8.39. The molecule has 1 aromatic heterocycles. The van der Waals surface area contributed by atoms with Crippen molar-refractivity contribution >= 4 is 44.6 Å². The Hall–Kier alpha value is -1.98. The first-order valence-electron chi connectivity index (χ1n) is 7.11. The van der Waals surface area contributed by atoms with E-state index in [1.807, 2.05) is 12.3 Å². The summed E-state index contributed by atoms with van der Waals surface area (Å²) in [5, 5.41) is 12.4. The number of thiocarbonyl (C=S) groups is 1. The van der Waals surface area contributed by atoms with E-state index in [-0.39, 0.29) is 6.04 Å². The molecule has 0 aliphatic heterocycles. The van der Waals surface area contributed by atoms with Crippen LogP contribution in [0.2, 0.25) is 0 Å². The van der Waals surface area contributed by atoms with E-state index in [1.165, 1.54) is 16.3 Å². The molecule has 0 saturated carbocycles. The van der Waals surface area contributed by atoms with Gasteiger partial charge in [0, 0.05) is 5.38 Å². The van der Waals surface area contributed by atoms with E-state index in [9.17, 15) is 0 Å². The second kappa shape index (κ2) is 6.42. The van der Waals surface area contributed by atoms with E-state index >= 15 is 0 Å². The van der Waals surface area contributed by atoms with Gasteiger partial charge in [-0.3, -0.25) is 0 Å². The normalized spacial score (nSPS) is 12.1. The zero-order chi connectivity index (χ0) is 15.5. The first kappa shape index (κ1) is 14.9. The summed E-state index contributed by atoms with van der Waals surface area (Å²) in [6.07, 6.45) is 0. The Kier molecular flexibility index (Phi) is 4.36. The molecule has 0 bridgehead atoms. The number of anilines is 1. The van der Waals surface area contributed by atoms with Gasteiger partial charge in [0.15, 0.2) is 10.2 Å². The van der Waals surface area contributed by atoms with Crippen molar-refractivity contribution in [1.82, 2.24) is 10.3 Å². The molecule has 0 unspecified atom stereocenters. The molecule has 0 amide bonds. The smallest absolute Gasteiger partial charge is 0.189 e. The second-order valence-corrected chi connectivity index (χ2v) is 6.45. The lowest BCUT2D eigenvalue weighted by Gasteiger charge is -2.18. The van der Waals surface area contributed by atoms with Crippen LogP contribution < -0.4 is 10.6 Å². The SMILES string of the molecule is Cc1csc(NC(=S)N[C@@H](C)c2cccc3ccccc23)n1. The minimum atomic E-state index is 0.118. The van der Waals surface area contributed by atoms with Crippen LogP contribution in [-0.4, -0.2) is 10.1 Å². The van der Waals surface area contributed by atoms with Crippen molar-refractivity contribution in [3.8, 4) is 0 Å². The molecule has 0 aliphatic rings. The second-order valence-electron chi connectivity index (χ2n) is 5.18. The Morgan fingerprint density at radius 3 is 2.73 bits per heavy atom. The summed E-state index contributed by atoms with van der Waals surface area (Å²) >= 11 is 6.94. The number of hydrogen-bond acceptors (Lipinski definition) is 3. The lowest BCUT2D eigenvalue weighted by molar-refractivity contribution is 0.729. The highest BCUT2D eigenvalue weighted by atomic mass is 32.1. The Labute approximate surface area is 139 Å². The summed E-state index contributed by atoms with van der Waals surface area (Å²) < 4.78 is 0. The molecule has 5 heteroatoms. The average molecular weight is 327 g/mol. The van der Waals surface area contributed by atoms with Crippen LogP contribution in [0.5, 0.6) is 0 Å². The molecule has 3 aromatic rings. The fraction of sp³-hybridized carbons (Fsp3) is 0.176. The number of nitrogens with zero attached hydrogens (tertiary/aromatic N) is 1. The van der Waals surface area contributed by atoms with Crippen molar-refractivity contribution in [2.75, 3.05) is 5.32 Å². The fourth-order valence-corrected chi connectivity index (χ4v) is 3.48. The van der Waals surface area contributed by atoms with Crippen molar-refractivity contribution in [3.63, 3.8) is 0 Å². The van der Waals surface area contributed by atoms with E-state index in [2.05, 4.69) is 65.0 Å². The highest BCUT2D eigenvalue weighted by Gasteiger charge is 2.11. The molecule has 2 aromatic carbocycles. The summed E-state index contributed by atoms with van der Waals surface area (Å²) in [5.74, 6) is 0. The van der Waals surface area contributed by atoms with Crippen molar-refractivity contribution in [2.45, 2.75) is 19.9 Å². The molecule has 3 nitrogen and oxygen atoms in total. The van der Waals surface area contributed by atoms with Crippen LogP contribution in [0, 0.1) is 6.92 Å². The summed E-state index contributed by atoms with van der Waals surface area (Å²) in [6.45, 7) is 4.08. The lowest BCUT2D eigenvalue weighted by Crippen LogP contribution is -2.30. The van der Waals surface area contributed by atoms with Crippen molar-refractivity contribution in [2.24, 2.45) is 0 Å². The fourth-order valence-electron chi connectivity index (χ4n) is 2.45. The predicted molar refractivity (Wildman–Crippen MR) is 98.6 cm³/mol. The van der Waals surface area contributed by atoms with Crippen molar-refractivity contribution in [1.29, 1.82) is 0 Å². The molecular weight excluding hydrogens is 310 g/mol. The van der Waals surface area contributed by atoms with Crippen molar-refractivity contribution in [3.05, 3.63) is 59.1 Å². The average Bonchev–Trinajstić information content (AvgIpc) is 2.91. The lowest BCUT2D eigenvalue weighted by atomic mass is 10.00. The molecule has 0 radical (unpaired) electrons. The third kappa shape index (κ3) is 3.26. The predicted octanol–water partition coefficient (Wildman–Crippen LogP) is 4.65. The van der Waals surface area contributed by atoms with Crippen LogP contribution in [0.4, 0.5) is 5.13 Å². The molecule has 0 saturated heterocycles. The van der Waals surface area contributed by atoms with Crippen LogP contribution in [0.15, 0.2) is 47.8 Å². The van der Waals surface area contributed by atoms with Crippen LogP contribution in [0.1, 0.15) is 24.2 Å². The topological polar surface area (TPSA) is 37.0 Å². The van der Waals surface area contributed by atoms with Gasteiger partial charge in [0.2, 0.25) is 0 Å². The van der Waals surface area contributed by atoms with Crippen LogP contribution in [0.3, 0.4) is 0 Å². The van der Waals surface area contributed by atoms with Gasteiger partial charge >= 0.3 is 0 Å². The standard InChI is InChI=1S/C17H17N3S2/c1-11-10-22-17(18-11)20-16(21)19-12(2)14-9-5-7-13-6-3-4-8-15(13)14/h3-10,12H,1-2H3,(H2,18,19,20,21)/t12-/m0/s1. The van der Waals surface area contributed by atoms with E-state index < -0.39 is 0 Å². The minimum absolute atomic E-state index is 0.118. The van der Waals surface area contributed by atoms with Gasteiger partial charge in [-0.05, 0) is 42.4 Å². The third-order valence-electron chi connectivity index (χ3n) is 3.48. The van der Waals surface area contributed by atoms with Gasteiger partial charge in [0.05, 0.1) is 11.7 Å². The molecule has 1 atom stereocenters. The highest BCUT2D eigenvalue weighted by molar-refractivity contribution is 7.80. The van der Waals surface area contributed by atoms with E-state index in [4.69, 9.17) is 12.2 Å². The summed E-state index contributed by atoms with van der Waals surface area (Å²) in [6, 6.07) is 14.8. The van der Waals surface area contributed by atoms with E-state index in [1.54, 1.807) is 11.3 Å². The highest BCUT2D eigenvalue weighted by Crippen LogP contribution is 2.24. The number of hydrogen-bond donors (Lipinski definition) is 2. The van der Waals surface area contributed by atoms with Gasteiger partial charge in [-0.25, -0.2) is 4.98 Å². The molecule has 112 valence electrons. The number of thiazole rings is 1. The molecule has 0 spiro atoms. The number of fused-ring (bicyclic) bond motifs is 1. The number of benzene rings is 2. The number of nitrogens with one attached hydrogen (secondary N) is 2. The largest absolute Gasteiger partial charge is 0.356 e. The molecule has 2 N–H and O–H groups in total. The Morgan fingerprint density at radius 1 is 1.18 bits per heavy atom. The van der Waals surface area contributed by atoms with Gasteiger partial charge in [0.25, 0.3) is 0 Å². The molecule has 22 heavy (non-hydrogen) atoms. The van der Waals surface area contributed by atoms with Crippen LogP contribution in [0.25, 0.3) is 10.8 Å². The van der Waals surface area contributed by atoms with E-state index in [0.717, 1.165) is 10.8 Å².